The number of benzene rings is 1. The van der Waals surface area contributed by atoms with Crippen LogP contribution in [-0.4, -0.2) is 6.54 Å². The number of unbranched alkanes of at least 4 members (excludes halogenated alkanes) is 1. The van der Waals surface area contributed by atoms with Crippen LogP contribution >= 0.6 is 11.9 Å². The molecule has 0 fully saturated rings. The standard InChI is InChI=1S/C11H15NS/c1-2-3-7-10-12-13-11-8-5-4-6-9-11/h2,4-6,8-9,12H,1,3,7,10H2. The molecule has 1 aromatic carbocycles. The molecule has 0 saturated carbocycles. The van der Waals surface area contributed by atoms with E-state index in [1.54, 1.807) is 11.9 Å². The van der Waals surface area contributed by atoms with Crippen LogP contribution in [0.4, 0.5) is 0 Å². The van der Waals surface area contributed by atoms with E-state index in [0.717, 1.165) is 19.4 Å². The summed E-state index contributed by atoms with van der Waals surface area (Å²) in [7, 11) is 0. The summed E-state index contributed by atoms with van der Waals surface area (Å²) in [6, 6.07) is 10.3. The minimum absolute atomic E-state index is 1.03. The molecule has 13 heavy (non-hydrogen) atoms. The average Bonchev–Trinajstić information content (AvgIpc) is 2.19. The summed E-state index contributed by atoms with van der Waals surface area (Å²) < 4.78 is 3.31. The van der Waals surface area contributed by atoms with Crippen LogP contribution in [0.5, 0.6) is 0 Å². The summed E-state index contributed by atoms with van der Waals surface area (Å²) in [6.45, 7) is 4.72. The molecule has 1 nitrogen and oxygen atoms in total. The van der Waals surface area contributed by atoms with Crippen molar-refractivity contribution in [1.82, 2.24) is 4.72 Å². The highest BCUT2D eigenvalue weighted by Gasteiger charge is 1.90. The van der Waals surface area contributed by atoms with Crippen molar-refractivity contribution in [3.8, 4) is 0 Å². The molecule has 0 aliphatic carbocycles. The molecule has 0 aromatic heterocycles. The van der Waals surface area contributed by atoms with E-state index in [1.165, 1.54) is 4.90 Å². The van der Waals surface area contributed by atoms with E-state index in [4.69, 9.17) is 0 Å². The number of hydrogen-bond donors (Lipinski definition) is 1. The third kappa shape index (κ3) is 4.76. The van der Waals surface area contributed by atoms with Gasteiger partial charge in [0.1, 0.15) is 0 Å². The molecule has 1 rings (SSSR count). The summed E-state index contributed by atoms with van der Waals surface area (Å²) in [4.78, 5) is 1.26. The molecule has 70 valence electrons. The van der Waals surface area contributed by atoms with Crippen LogP contribution in [0.3, 0.4) is 0 Å². The summed E-state index contributed by atoms with van der Waals surface area (Å²) in [5.41, 5.74) is 0. The van der Waals surface area contributed by atoms with Gasteiger partial charge < -0.3 is 0 Å². The van der Waals surface area contributed by atoms with E-state index in [1.807, 2.05) is 24.3 Å². The van der Waals surface area contributed by atoms with Gasteiger partial charge in [-0.2, -0.15) is 0 Å². The van der Waals surface area contributed by atoms with Gasteiger partial charge in [-0.05, 0) is 36.9 Å². The van der Waals surface area contributed by atoms with Gasteiger partial charge in [-0.15, -0.1) is 6.58 Å². The normalized spacial score (nSPS) is 9.85. The van der Waals surface area contributed by atoms with Gasteiger partial charge in [-0.3, -0.25) is 4.72 Å². The first-order valence-electron chi connectivity index (χ1n) is 4.49. The largest absolute Gasteiger partial charge is 0.260 e. The third-order valence-corrected chi connectivity index (χ3v) is 2.48. The molecular weight excluding hydrogens is 178 g/mol. The highest BCUT2D eigenvalue weighted by atomic mass is 32.2. The Balaban J connectivity index is 2.10. The van der Waals surface area contributed by atoms with E-state index in [0.29, 0.717) is 0 Å². The van der Waals surface area contributed by atoms with Crippen molar-refractivity contribution in [2.24, 2.45) is 0 Å². The van der Waals surface area contributed by atoms with Crippen molar-refractivity contribution in [3.05, 3.63) is 43.0 Å². The number of nitrogens with one attached hydrogen (secondary N) is 1. The van der Waals surface area contributed by atoms with Gasteiger partial charge in [0.05, 0.1) is 0 Å². The second kappa shape index (κ2) is 6.75. The highest BCUT2D eigenvalue weighted by Crippen LogP contribution is 2.12. The fourth-order valence-electron chi connectivity index (χ4n) is 0.941. The lowest BCUT2D eigenvalue weighted by atomic mass is 10.3. The van der Waals surface area contributed by atoms with Crippen LogP contribution in [0.25, 0.3) is 0 Å². The first-order valence-corrected chi connectivity index (χ1v) is 5.31. The SMILES string of the molecule is C=CCCCNSc1ccccc1. The van der Waals surface area contributed by atoms with Crippen molar-refractivity contribution < 1.29 is 0 Å². The van der Waals surface area contributed by atoms with Gasteiger partial charge in [-0.25, -0.2) is 0 Å². The zero-order chi connectivity index (χ0) is 9.36. The molecule has 0 atom stereocenters. The number of rotatable bonds is 6. The topological polar surface area (TPSA) is 12.0 Å². The van der Waals surface area contributed by atoms with Gasteiger partial charge in [-0.1, -0.05) is 24.3 Å². The summed E-state index contributed by atoms with van der Waals surface area (Å²) >= 11 is 1.69. The van der Waals surface area contributed by atoms with Crippen molar-refractivity contribution >= 4 is 11.9 Å². The molecule has 0 amide bonds. The maximum Gasteiger partial charge on any atom is 0.0228 e. The Bertz CT molecular complexity index is 233. The minimum Gasteiger partial charge on any atom is -0.260 e. The van der Waals surface area contributed by atoms with Crippen LogP contribution in [-0.2, 0) is 0 Å². The Kier molecular flexibility index (Phi) is 5.38. The monoisotopic (exact) mass is 193 g/mol. The van der Waals surface area contributed by atoms with Crippen molar-refractivity contribution in [1.29, 1.82) is 0 Å². The second-order valence-electron chi connectivity index (χ2n) is 2.74. The molecule has 0 spiro atoms. The van der Waals surface area contributed by atoms with Gasteiger partial charge in [0.25, 0.3) is 0 Å². The molecule has 0 radical (unpaired) electrons. The maximum atomic E-state index is 3.68. The fourth-order valence-corrected chi connectivity index (χ4v) is 1.65. The van der Waals surface area contributed by atoms with E-state index < -0.39 is 0 Å². The van der Waals surface area contributed by atoms with E-state index in [-0.39, 0.29) is 0 Å². The molecule has 0 unspecified atom stereocenters. The molecule has 0 aliphatic rings. The maximum absolute atomic E-state index is 3.68. The first-order chi connectivity index (χ1) is 6.43. The van der Waals surface area contributed by atoms with E-state index >= 15 is 0 Å². The first kappa shape index (κ1) is 10.4. The number of allylic oxidation sites excluding steroid dienone is 1. The smallest absolute Gasteiger partial charge is 0.0228 e. The molecule has 1 N–H and O–H groups in total. The predicted molar refractivity (Wildman–Crippen MR) is 59.7 cm³/mol. The molecule has 1 aromatic rings. The van der Waals surface area contributed by atoms with Crippen LogP contribution < -0.4 is 4.72 Å². The van der Waals surface area contributed by atoms with Crippen LogP contribution in [0.1, 0.15) is 12.8 Å². The Morgan fingerprint density at radius 3 is 2.77 bits per heavy atom. The Morgan fingerprint density at radius 1 is 1.31 bits per heavy atom. The highest BCUT2D eigenvalue weighted by molar-refractivity contribution is 7.97. The minimum atomic E-state index is 1.03. The van der Waals surface area contributed by atoms with Crippen LogP contribution in [0, 0.1) is 0 Å². The summed E-state index contributed by atoms with van der Waals surface area (Å²) in [6.07, 6.45) is 4.19. The molecule has 0 heterocycles. The van der Waals surface area contributed by atoms with Crippen LogP contribution in [0.2, 0.25) is 0 Å². The lowest BCUT2D eigenvalue weighted by Crippen LogP contribution is -2.04. The predicted octanol–water partition coefficient (Wildman–Crippen LogP) is 3.25. The zero-order valence-electron chi connectivity index (χ0n) is 7.70. The van der Waals surface area contributed by atoms with Crippen molar-refractivity contribution in [2.75, 3.05) is 6.54 Å². The van der Waals surface area contributed by atoms with E-state index in [2.05, 4.69) is 23.4 Å². The average molecular weight is 193 g/mol. The van der Waals surface area contributed by atoms with Gasteiger partial charge in [0.2, 0.25) is 0 Å². The second-order valence-corrected chi connectivity index (χ2v) is 3.70. The van der Waals surface area contributed by atoms with Crippen LogP contribution in [0.15, 0.2) is 47.9 Å². The lowest BCUT2D eigenvalue weighted by Gasteiger charge is -2.01. The molecular formula is C11H15NS. The summed E-state index contributed by atoms with van der Waals surface area (Å²) in [5, 5.41) is 0. The van der Waals surface area contributed by atoms with E-state index in [9.17, 15) is 0 Å². The summed E-state index contributed by atoms with van der Waals surface area (Å²) in [5.74, 6) is 0. The third-order valence-electron chi connectivity index (χ3n) is 1.62. The zero-order valence-corrected chi connectivity index (χ0v) is 8.52. The van der Waals surface area contributed by atoms with Crippen molar-refractivity contribution in [3.63, 3.8) is 0 Å². The Hall–Kier alpha value is -0.730. The quantitative estimate of drug-likeness (QED) is 0.423. The van der Waals surface area contributed by atoms with Gasteiger partial charge in [0.15, 0.2) is 0 Å². The van der Waals surface area contributed by atoms with Gasteiger partial charge >= 0.3 is 0 Å². The van der Waals surface area contributed by atoms with Crippen molar-refractivity contribution in [2.45, 2.75) is 17.7 Å². The lowest BCUT2D eigenvalue weighted by molar-refractivity contribution is 0.816. The molecule has 0 saturated heterocycles. The Labute approximate surface area is 84.4 Å². The Morgan fingerprint density at radius 2 is 2.08 bits per heavy atom. The molecule has 0 aliphatic heterocycles. The molecule has 0 bridgehead atoms. The fraction of sp³-hybridized carbons (Fsp3) is 0.273. The number of hydrogen-bond acceptors (Lipinski definition) is 2. The molecule has 2 heteroatoms. The van der Waals surface area contributed by atoms with Gasteiger partial charge in [0, 0.05) is 11.4 Å².